The topological polar surface area (TPSA) is 80.7 Å². The molecule has 1 saturated heterocycles. The Labute approximate surface area is 230 Å². The molecule has 39 heavy (non-hydrogen) atoms. The van der Waals surface area contributed by atoms with Gasteiger partial charge in [0.2, 0.25) is 0 Å². The van der Waals surface area contributed by atoms with Crippen molar-refractivity contribution in [2.45, 2.75) is 37.9 Å². The number of methoxy groups -OCH3 is 2. The molecule has 2 aliphatic heterocycles. The molecule has 1 amide bonds. The molecule has 0 bridgehead atoms. The van der Waals surface area contributed by atoms with Crippen LogP contribution in [-0.2, 0) is 0 Å². The van der Waals surface area contributed by atoms with Crippen molar-refractivity contribution >= 4 is 24.1 Å². The van der Waals surface area contributed by atoms with E-state index < -0.39 is 24.3 Å². The number of rotatable bonds is 6. The van der Waals surface area contributed by atoms with Crippen LogP contribution in [-0.4, -0.2) is 66.9 Å². The standard InChI is InChI=1S/C27H30F3N5O3.ClH/c1-15-14-31-8-9-34(15)27(36)17-4-6-18(19(28)10-17)21-13-25-32-20(12-22(26(29)30)35(25)33-21)16-5-7-23(37-2)24(11-16)38-3;/h4-7,10-11,13,15,20,22,26,31-32H,8-9,12,14H2,1-3H3;1H/t15-,20?,22?;/m0./s1. The molecule has 5 rings (SSSR count). The highest BCUT2D eigenvalue weighted by Crippen LogP contribution is 2.41. The fraction of sp³-hybridized carbons (Fsp3) is 0.407. The number of anilines is 1. The van der Waals surface area contributed by atoms with Crippen molar-refractivity contribution in [3.8, 4) is 22.8 Å². The number of nitrogens with one attached hydrogen (secondary N) is 2. The number of carbonyl (C=O) groups is 1. The molecule has 2 aromatic carbocycles. The number of alkyl halides is 2. The molecule has 210 valence electrons. The molecular weight excluding hydrogens is 535 g/mol. The zero-order valence-electron chi connectivity index (χ0n) is 21.8. The minimum absolute atomic E-state index is 0. The number of hydrogen-bond acceptors (Lipinski definition) is 6. The van der Waals surface area contributed by atoms with Crippen molar-refractivity contribution in [2.24, 2.45) is 0 Å². The lowest BCUT2D eigenvalue weighted by molar-refractivity contribution is 0.0651. The maximum Gasteiger partial charge on any atom is 0.260 e. The van der Waals surface area contributed by atoms with Crippen molar-refractivity contribution in [1.82, 2.24) is 20.0 Å². The molecule has 2 unspecified atom stereocenters. The van der Waals surface area contributed by atoms with Crippen LogP contribution in [0.4, 0.5) is 19.0 Å². The van der Waals surface area contributed by atoms with E-state index in [9.17, 15) is 13.6 Å². The van der Waals surface area contributed by atoms with Gasteiger partial charge in [-0.1, -0.05) is 6.07 Å². The normalized spacial score (nSPS) is 20.6. The van der Waals surface area contributed by atoms with Crippen LogP contribution in [0, 0.1) is 5.82 Å². The highest BCUT2D eigenvalue weighted by Gasteiger charge is 2.35. The third kappa shape index (κ3) is 5.51. The molecule has 0 saturated carbocycles. The summed E-state index contributed by atoms with van der Waals surface area (Å²) in [5.41, 5.74) is 1.33. The Morgan fingerprint density at radius 2 is 1.87 bits per heavy atom. The summed E-state index contributed by atoms with van der Waals surface area (Å²) in [6, 6.07) is 9.39. The minimum atomic E-state index is -2.68. The highest BCUT2D eigenvalue weighted by atomic mass is 35.5. The van der Waals surface area contributed by atoms with Crippen LogP contribution in [0.1, 0.15) is 41.3 Å². The molecule has 0 spiro atoms. The molecule has 8 nitrogen and oxygen atoms in total. The van der Waals surface area contributed by atoms with Gasteiger partial charge in [0.25, 0.3) is 12.3 Å². The van der Waals surface area contributed by atoms with Gasteiger partial charge in [0.1, 0.15) is 17.7 Å². The quantitative estimate of drug-likeness (QED) is 0.441. The van der Waals surface area contributed by atoms with E-state index in [1.807, 2.05) is 6.92 Å². The van der Waals surface area contributed by atoms with Gasteiger partial charge in [-0.05, 0) is 49.2 Å². The van der Waals surface area contributed by atoms with Crippen molar-refractivity contribution in [1.29, 1.82) is 0 Å². The third-order valence-electron chi connectivity index (χ3n) is 7.20. The zero-order valence-corrected chi connectivity index (χ0v) is 22.6. The van der Waals surface area contributed by atoms with Crippen LogP contribution in [0.25, 0.3) is 11.3 Å². The number of fused-ring (bicyclic) bond motifs is 1. The summed E-state index contributed by atoms with van der Waals surface area (Å²) in [6.07, 6.45) is -2.61. The monoisotopic (exact) mass is 565 g/mol. The highest BCUT2D eigenvalue weighted by molar-refractivity contribution is 5.95. The largest absolute Gasteiger partial charge is 0.493 e. The minimum Gasteiger partial charge on any atom is -0.493 e. The van der Waals surface area contributed by atoms with Crippen LogP contribution in [0.2, 0.25) is 0 Å². The fourth-order valence-corrected chi connectivity index (χ4v) is 5.13. The second kappa shape index (κ2) is 11.7. The number of ether oxygens (including phenoxy) is 2. The first-order valence-corrected chi connectivity index (χ1v) is 12.5. The van der Waals surface area contributed by atoms with E-state index in [1.54, 1.807) is 35.2 Å². The van der Waals surface area contributed by atoms with Gasteiger partial charge in [0.05, 0.1) is 26.0 Å². The molecule has 2 N–H and O–H groups in total. The number of nitrogens with zero attached hydrogens (tertiary/aromatic N) is 3. The summed E-state index contributed by atoms with van der Waals surface area (Å²) in [6.45, 7) is 3.83. The number of halogens is 4. The Morgan fingerprint density at radius 1 is 1.10 bits per heavy atom. The maximum absolute atomic E-state index is 15.3. The summed E-state index contributed by atoms with van der Waals surface area (Å²) >= 11 is 0. The second-order valence-corrected chi connectivity index (χ2v) is 9.55. The van der Waals surface area contributed by atoms with Gasteiger partial charge in [-0.2, -0.15) is 5.10 Å². The Bertz CT molecular complexity index is 1340. The summed E-state index contributed by atoms with van der Waals surface area (Å²) in [4.78, 5) is 14.7. The van der Waals surface area contributed by atoms with Gasteiger partial charge < -0.3 is 25.0 Å². The van der Waals surface area contributed by atoms with E-state index in [-0.39, 0.29) is 47.6 Å². The predicted octanol–water partition coefficient (Wildman–Crippen LogP) is 4.93. The second-order valence-electron chi connectivity index (χ2n) is 9.55. The van der Waals surface area contributed by atoms with Gasteiger partial charge in [-0.3, -0.25) is 4.79 Å². The van der Waals surface area contributed by atoms with Gasteiger partial charge in [-0.25, -0.2) is 17.9 Å². The van der Waals surface area contributed by atoms with E-state index in [0.29, 0.717) is 37.0 Å². The summed E-state index contributed by atoms with van der Waals surface area (Å²) in [7, 11) is 3.04. The first-order chi connectivity index (χ1) is 18.3. The lowest BCUT2D eigenvalue weighted by Crippen LogP contribution is -2.52. The zero-order chi connectivity index (χ0) is 27.0. The molecule has 3 heterocycles. The van der Waals surface area contributed by atoms with Crippen molar-refractivity contribution in [2.75, 3.05) is 39.2 Å². The molecular formula is C27H31ClF3N5O3. The van der Waals surface area contributed by atoms with E-state index in [1.165, 1.54) is 31.0 Å². The number of amides is 1. The number of piperazine rings is 1. The van der Waals surface area contributed by atoms with Crippen molar-refractivity contribution in [3.63, 3.8) is 0 Å². The predicted molar refractivity (Wildman–Crippen MR) is 144 cm³/mol. The van der Waals surface area contributed by atoms with E-state index in [4.69, 9.17) is 9.47 Å². The Morgan fingerprint density at radius 3 is 2.54 bits per heavy atom. The number of benzene rings is 2. The summed E-state index contributed by atoms with van der Waals surface area (Å²) in [5, 5.41) is 10.8. The molecule has 0 radical (unpaired) electrons. The van der Waals surface area contributed by atoms with Crippen LogP contribution in [0.5, 0.6) is 11.5 Å². The van der Waals surface area contributed by atoms with E-state index in [0.717, 1.165) is 5.56 Å². The van der Waals surface area contributed by atoms with Crippen LogP contribution in [0.3, 0.4) is 0 Å². The van der Waals surface area contributed by atoms with Gasteiger partial charge in [-0.15, -0.1) is 12.4 Å². The number of carbonyl (C=O) groups excluding carboxylic acids is 1. The lowest BCUT2D eigenvalue weighted by Gasteiger charge is -2.34. The average molecular weight is 566 g/mol. The van der Waals surface area contributed by atoms with E-state index in [2.05, 4.69) is 15.7 Å². The van der Waals surface area contributed by atoms with Gasteiger partial charge >= 0.3 is 0 Å². The third-order valence-corrected chi connectivity index (χ3v) is 7.20. The molecule has 1 fully saturated rings. The first-order valence-electron chi connectivity index (χ1n) is 12.5. The molecule has 1 aromatic heterocycles. The maximum atomic E-state index is 15.3. The average Bonchev–Trinajstić information content (AvgIpc) is 3.35. The summed E-state index contributed by atoms with van der Waals surface area (Å²) < 4.78 is 55.4. The Kier molecular flexibility index (Phi) is 8.60. The number of hydrogen-bond donors (Lipinski definition) is 2. The molecule has 0 aliphatic carbocycles. The van der Waals surface area contributed by atoms with Crippen LogP contribution < -0.4 is 20.1 Å². The Hall–Kier alpha value is -3.44. The Balaban J connectivity index is 0.00000353. The van der Waals surface area contributed by atoms with Crippen molar-refractivity contribution in [3.05, 3.63) is 59.4 Å². The molecule has 2 aliphatic rings. The van der Waals surface area contributed by atoms with Gasteiger partial charge in [0.15, 0.2) is 11.5 Å². The SMILES string of the molecule is COc1ccc(C2CC(C(F)F)n3nc(-c4ccc(C(=O)N5CCNC[C@@H]5C)cc4F)cc3N2)cc1OC.Cl. The lowest BCUT2D eigenvalue weighted by atomic mass is 9.97. The van der Waals surface area contributed by atoms with Crippen LogP contribution >= 0.6 is 12.4 Å². The molecule has 12 heteroatoms. The molecule has 3 aromatic rings. The van der Waals surface area contributed by atoms with E-state index >= 15 is 4.39 Å². The number of aromatic nitrogens is 2. The fourth-order valence-electron chi connectivity index (χ4n) is 5.13. The first kappa shape index (κ1) is 28.6. The summed E-state index contributed by atoms with van der Waals surface area (Å²) in [5.74, 6) is 0.496. The van der Waals surface area contributed by atoms with Crippen molar-refractivity contribution < 1.29 is 27.4 Å². The smallest absolute Gasteiger partial charge is 0.260 e. The van der Waals surface area contributed by atoms with Crippen LogP contribution in [0.15, 0.2) is 42.5 Å². The van der Waals surface area contributed by atoms with Gasteiger partial charge in [0, 0.05) is 42.9 Å². The molecule has 3 atom stereocenters.